The van der Waals surface area contributed by atoms with E-state index in [-0.39, 0.29) is 5.97 Å². The number of anilines is 2. The van der Waals surface area contributed by atoms with Gasteiger partial charge in [0, 0.05) is 18.1 Å². The predicted octanol–water partition coefficient (Wildman–Crippen LogP) is 2.13. The van der Waals surface area contributed by atoms with Crippen molar-refractivity contribution in [2.75, 3.05) is 16.5 Å². The van der Waals surface area contributed by atoms with Crippen LogP contribution in [0.15, 0.2) is 60.6 Å². The van der Waals surface area contributed by atoms with Crippen molar-refractivity contribution in [1.29, 1.82) is 0 Å². The lowest BCUT2D eigenvalue weighted by molar-refractivity contribution is -0.130. The Balaban J connectivity index is 1.76. The molecule has 98 valence electrons. The fraction of sp³-hybridized carbons (Fsp3) is 0.0667. The Hall–Kier alpha value is -2.82. The molecule has 2 aliphatic rings. The molecule has 0 aliphatic carbocycles. The molecule has 4 rings (SSSR count). The van der Waals surface area contributed by atoms with E-state index in [1.807, 2.05) is 58.5 Å². The molecule has 0 atom stereocenters. The van der Waals surface area contributed by atoms with Crippen molar-refractivity contribution in [3.05, 3.63) is 60.6 Å². The van der Waals surface area contributed by atoms with Gasteiger partial charge in [0.1, 0.15) is 11.4 Å². The average molecular weight is 265 g/mol. The van der Waals surface area contributed by atoms with Gasteiger partial charge in [-0.15, -0.1) is 0 Å². The third-order valence-corrected chi connectivity index (χ3v) is 3.39. The van der Waals surface area contributed by atoms with Crippen LogP contribution in [-0.2, 0) is 4.79 Å². The molecule has 0 radical (unpaired) electrons. The lowest BCUT2D eigenvalue weighted by Gasteiger charge is -2.27. The van der Waals surface area contributed by atoms with Crippen LogP contribution in [0.4, 0.5) is 11.4 Å². The second kappa shape index (κ2) is 4.09. The summed E-state index contributed by atoms with van der Waals surface area (Å²) in [6, 6.07) is 13.7. The molecule has 5 heteroatoms. The molecule has 0 fully saturated rings. The minimum atomic E-state index is -0.366. The lowest BCUT2D eigenvalue weighted by atomic mass is 10.3. The summed E-state index contributed by atoms with van der Waals surface area (Å²) in [4.78, 5) is 20.0. The minimum absolute atomic E-state index is 0.365. The number of hydrogen-bond donors (Lipinski definition) is 0. The van der Waals surface area contributed by atoms with Crippen molar-refractivity contribution in [2.45, 2.75) is 0 Å². The van der Waals surface area contributed by atoms with Crippen molar-refractivity contribution < 1.29 is 9.53 Å². The first-order valence-corrected chi connectivity index (χ1v) is 6.31. The SMILES string of the molecule is O=C1Oc2ncccc2N2CN(c3ccccc3)C=C12. The van der Waals surface area contributed by atoms with Gasteiger partial charge in [-0.1, -0.05) is 18.2 Å². The normalized spacial score (nSPS) is 16.4. The van der Waals surface area contributed by atoms with E-state index in [0.717, 1.165) is 11.4 Å². The van der Waals surface area contributed by atoms with Crippen LogP contribution in [0.2, 0.25) is 0 Å². The van der Waals surface area contributed by atoms with Crippen LogP contribution in [0.3, 0.4) is 0 Å². The number of esters is 1. The number of rotatable bonds is 1. The number of ether oxygens (including phenoxy) is 1. The zero-order valence-corrected chi connectivity index (χ0v) is 10.6. The highest BCUT2D eigenvalue weighted by Gasteiger charge is 2.36. The maximum Gasteiger partial charge on any atom is 0.363 e. The van der Waals surface area contributed by atoms with Gasteiger partial charge in [-0.2, -0.15) is 0 Å². The zero-order valence-electron chi connectivity index (χ0n) is 10.6. The molecule has 0 amide bonds. The molecule has 0 bridgehead atoms. The van der Waals surface area contributed by atoms with E-state index in [1.165, 1.54) is 0 Å². The van der Waals surface area contributed by atoms with E-state index in [9.17, 15) is 4.79 Å². The van der Waals surface area contributed by atoms with Crippen LogP contribution >= 0.6 is 0 Å². The number of hydrogen-bond acceptors (Lipinski definition) is 5. The summed E-state index contributed by atoms with van der Waals surface area (Å²) < 4.78 is 5.24. The summed E-state index contributed by atoms with van der Waals surface area (Å²) in [5.74, 6) is -0.000747. The summed E-state index contributed by atoms with van der Waals surface area (Å²) in [6.45, 7) is 0.577. The quantitative estimate of drug-likeness (QED) is 0.739. The molecule has 1 aromatic carbocycles. The molecule has 0 unspecified atom stereocenters. The Morgan fingerprint density at radius 2 is 1.95 bits per heavy atom. The standard InChI is InChI=1S/C15H11N3O2/c19-15-13-9-17(11-5-2-1-3-6-11)10-18(13)12-7-4-8-16-14(12)20-15/h1-9H,10H2. The fourth-order valence-electron chi connectivity index (χ4n) is 2.44. The van der Waals surface area contributed by atoms with Crippen molar-refractivity contribution in [2.24, 2.45) is 0 Å². The highest BCUT2D eigenvalue weighted by atomic mass is 16.5. The fourth-order valence-corrected chi connectivity index (χ4v) is 2.44. The number of pyridine rings is 1. The first-order valence-electron chi connectivity index (χ1n) is 6.31. The summed E-state index contributed by atoms with van der Waals surface area (Å²) in [5, 5.41) is 0. The van der Waals surface area contributed by atoms with E-state index in [1.54, 1.807) is 6.20 Å². The largest absolute Gasteiger partial charge is 0.400 e. The molecule has 5 nitrogen and oxygen atoms in total. The van der Waals surface area contributed by atoms with Gasteiger partial charge in [0.25, 0.3) is 0 Å². The van der Waals surface area contributed by atoms with Crippen LogP contribution < -0.4 is 14.5 Å². The average Bonchev–Trinajstić information content (AvgIpc) is 2.94. The molecule has 0 saturated carbocycles. The molecule has 0 saturated heterocycles. The molecule has 0 spiro atoms. The minimum Gasteiger partial charge on any atom is -0.400 e. The van der Waals surface area contributed by atoms with Gasteiger partial charge in [0.05, 0.1) is 6.67 Å². The monoisotopic (exact) mass is 265 g/mol. The summed E-state index contributed by atoms with van der Waals surface area (Å²) >= 11 is 0. The Bertz CT molecular complexity index is 712. The third kappa shape index (κ3) is 1.56. The Morgan fingerprint density at radius 3 is 2.80 bits per heavy atom. The van der Waals surface area contributed by atoms with Crippen LogP contribution in [0.25, 0.3) is 0 Å². The van der Waals surface area contributed by atoms with Gasteiger partial charge in [-0.3, -0.25) is 0 Å². The summed E-state index contributed by atoms with van der Waals surface area (Å²) in [7, 11) is 0. The molecule has 2 aromatic rings. The number of para-hydroxylation sites is 1. The number of benzene rings is 1. The van der Waals surface area contributed by atoms with E-state index >= 15 is 0 Å². The Kier molecular flexibility index (Phi) is 2.26. The first kappa shape index (κ1) is 11.0. The number of fused-ring (bicyclic) bond motifs is 3. The molecule has 1 aromatic heterocycles. The second-order valence-electron chi connectivity index (χ2n) is 4.61. The van der Waals surface area contributed by atoms with Crippen LogP contribution in [0.1, 0.15) is 0 Å². The number of aromatic nitrogens is 1. The van der Waals surface area contributed by atoms with Gasteiger partial charge in [0.2, 0.25) is 5.88 Å². The molecule has 3 heterocycles. The highest BCUT2D eigenvalue weighted by molar-refractivity contribution is 5.99. The maximum absolute atomic E-state index is 12.0. The first-order chi connectivity index (χ1) is 9.83. The number of carbonyl (C=O) groups excluding carboxylic acids is 1. The second-order valence-corrected chi connectivity index (χ2v) is 4.61. The number of carbonyl (C=O) groups is 1. The van der Waals surface area contributed by atoms with Gasteiger partial charge < -0.3 is 14.5 Å². The van der Waals surface area contributed by atoms with Crippen molar-refractivity contribution in [3.8, 4) is 5.88 Å². The maximum atomic E-state index is 12.0. The van der Waals surface area contributed by atoms with Crippen LogP contribution in [0, 0.1) is 0 Å². The molecular weight excluding hydrogens is 254 g/mol. The molecule has 20 heavy (non-hydrogen) atoms. The van der Waals surface area contributed by atoms with Gasteiger partial charge in [-0.25, -0.2) is 9.78 Å². The Morgan fingerprint density at radius 1 is 1.10 bits per heavy atom. The molecule has 0 N–H and O–H groups in total. The molecular formula is C15H11N3O2. The zero-order chi connectivity index (χ0) is 13.5. The van der Waals surface area contributed by atoms with Gasteiger partial charge in [-0.05, 0) is 24.3 Å². The van der Waals surface area contributed by atoms with Crippen molar-refractivity contribution in [3.63, 3.8) is 0 Å². The smallest absolute Gasteiger partial charge is 0.363 e. The molecule has 2 aliphatic heterocycles. The highest BCUT2D eigenvalue weighted by Crippen LogP contribution is 2.37. The summed E-state index contributed by atoms with van der Waals surface area (Å²) in [5.41, 5.74) is 2.39. The van der Waals surface area contributed by atoms with E-state index in [2.05, 4.69) is 4.98 Å². The Labute approximate surface area is 115 Å². The van der Waals surface area contributed by atoms with Crippen LogP contribution in [0.5, 0.6) is 5.88 Å². The predicted molar refractivity (Wildman–Crippen MR) is 74.2 cm³/mol. The number of nitrogens with zero attached hydrogens (tertiary/aromatic N) is 3. The third-order valence-electron chi connectivity index (χ3n) is 3.39. The van der Waals surface area contributed by atoms with Crippen molar-refractivity contribution in [1.82, 2.24) is 4.98 Å². The van der Waals surface area contributed by atoms with E-state index < -0.39 is 0 Å². The van der Waals surface area contributed by atoms with Crippen LogP contribution in [-0.4, -0.2) is 17.6 Å². The topological polar surface area (TPSA) is 45.7 Å². The summed E-state index contributed by atoms with van der Waals surface area (Å²) in [6.07, 6.45) is 3.43. The van der Waals surface area contributed by atoms with E-state index in [4.69, 9.17) is 4.74 Å². The van der Waals surface area contributed by atoms with Gasteiger partial charge in [0.15, 0.2) is 0 Å². The van der Waals surface area contributed by atoms with Gasteiger partial charge >= 0.3 is 5.97 Å². The lowest BCUT2D eigenvalue weighted by Crippen LogP contribution is -2.34. The van der Waals surface area contributed by atoms with E-state index in [0.29, 0.717) is 18.2 Å². The van der Waals surface area contributed by atoms with Crippen molar-refractivity contribution >= 4 is 17.3 Å².